The first kappa shape index (κ1) is 18.5. The summed E-state index contributed by atoms with van der Waals surface area (Å²) in [5.74, 6) is 0.0176. The monoisotopic (exact) mass is 375 g/mol. The zero-order valence-corrected chi connectivity index (χ0v) is 15.2. The van der Waals surface area contributed by atoms with Crippen molar-refractivity contribution in [3.8, 4) is 0 Å². The van der Waals surface area contributed by atoms with Gasteiger partial charge >= 0.3 is 0 Å². The third-order valence-corrected chi connectivity index (χ3v) is 6.78. The molecule has 0 aromatic heterocycles. The van der Waals surface area contributed by atoms with E-state index < -0.39 is 14.9 Å². The maximum atomic E-state index is 13.0. The molecule has 0 spiro atoms. The Morgan fingerprint density at radius 3 is 2.50 bits per heavy atom. The normalized spacial score (nSPS) is 21.0. The summed E-state index contributed by atoms with van der Waals surface area (Å²) in [6, 6.07) is 13.7. The molecule has 8 heteroatoms. The fourth-order valence-corrected chi connectivity index (χ4v) is 4.98. The molecule has 0 aliphatic carbocycles. The van der Waals surface area contributed by atoms with Gasteiger partial charge in [-0.05, 0) is 31.0 Å². The van der Waals surface area contributed by atoms with Gasteiger partial charge in [-0.3, -0.25) is 10.1 Å². The average Bonchev–Trinajstić information content (AvgIpc) is 3.07. The van der Waals surface area contributed by atoms with E-state index in [4.69, 9.17) is 5.73 Å². The lowest BCUT2D eigenvalue weighted by Crippen LogP contribution is -2.30. The largest absolute Gasteiger partial charge is 0.330 e. The lowest BCUT2D eigenvalue weighted by Gasteiger charge is -2.17. The fourth-order valence-electron chi connectivity index (χ4n) is 3.44. The van der Waals surface area contributed by atoms with Gasteiger partial charge in [-0.1, -0.05) is 36.4 Å². The smallest absolute Gasteiger partial charge is 0.273 e. The van der Waals surface area contributed by atoms with E-state index in [2.05, 4.69) is 0 Å². The SMILES string of the molecule is Cc1ccc(S(=O)(=O)N2C[C@@H](CN)[C@H](c3ccccc3)C2)cc1[N+](=O)[O-]. The highest BCUT2D eigenvalue weighted by molar-refractivity contribution is 7.89. The van der Waals surface area contributed by atoms with Crippen LogP contribution in [0.5, 0.6) is 0 Å². The van der Waals surface area contributed by atoms with Gasteiger partial charge < -0.3 is 5.73 Å². The second-order valence-corrected chi connectivity index (χ2v) is 8.48. The van der Waals surface area contributed by atoms with E-state index in [0.29, 0.717) is 25.2 Å². The van der Waals surface area contributed by atoms with Gasteiger partial charge in [0.1, 0.15) is 0 Å². The molecule has 1 aliphatic rings. The Kier molecular flexibility index (Phi) is 5.08. The molecule has 26 heavy (non-hydrogen) atoms. The van der Waals surface area contributed by atoms with Crippen molar-refractivity contribution in [3.05, 3.63) is 69.8 Å². The Balaban J connectivity index is 1.93. The summed E-state index contributed by atoms with van der Waals surface area (Å²) in [5, 5.41) is 11.1. The third-order valence-electron chi connectivity index (χ3n) is 4.95. The van der Waals surface area contributed by atoms with Crippen LogP contribution in [0.4, 0.5) is 5.69 Å². The lowest BCUT2D eigenvalue weighted by atomic mass is 9.89. The molecule has 7 nitrogen and oxygen atoms in total. The van der Waals surface area contributed by atoms with Gasteiger partial charge in [-0.15, -0.1) is 0 Å². The number of sulfonamides is 1. The molecular formula is C18H21N3O4S. The predicted octanol–water partition coefficient (Wildman–Crippen LogP) is 2.27. The van der Waals surface area contributed by atoms with Crippen LogP contribution in [-0.4, -0.2) is 37.3 Å². The minimum absolute atomic E-state index is 0.00705. The molecule has 2 atom stereocenters. The van der Waals surface area contributed by atoms with Gasteiger partial charge in [0.2, 0.25) is 10.0 Å². The molecule has 0 radical (unpaired) electrons. The number of hydrogen-bond donors (Lipinski definition) is 1. The zero-order chi connectivity index (χ0) is 18.9. The number of nitro groups is 1. The molecule has 0 unspecified atom stereocenters. The highest BCUT2D eigenvalue weighted by Gasteiger charge is 2.39. The van der Waals surface area contributed by atoms with Crippen LogP contribution in [0.15, 0.2) is 53.4 Å². The van der Waals surface area contributed by atoms with E-state index in [9.17, 15) is 18.5 Å². The number of rotatable bonds is 5. The Hall–Kier alpha value is -2.29. The molecule has 1 aliphatic heterocycles. The summed E-state index contributed by atoms with van der Waals surface area (Å²) in [6.45, 7) is 2.58. The minimum atomic E-state index is -3.82. The molecule has 0 saturated carbocycles. The van der Waals surface area contributed by atoms with E-state index in [1.165, 1.54) is 16.4 Å². The van der Waals surface area contributed by atoms with E-state index in [1.807, 2.05) is 30.3 Å². The zero-order valence-electron chi connectivity index (χ0n) is 14.4. The standard InChI is InChI=1S/C18H21N3O4S/c1-13-7-8-16(9-18(13)21(22)23)26(24,25)20-11-15(10-19)17(12-20)14-5-3-2-4-6-14/h2-9,15,17H,10-12,19H2,1H3/t15-,17+/m1/s1. The van der Waals surface area contributed by atoms with Gasteiger partial charge in [-0.2, -0.15) is 4.31 Å². The number of nitro benzene ring substituents is 1. The summed E-state index contributed by atoms with van der Waals surface area (Å²) in [7, 11) is -3.82. The van der Waals surface area contributed by atoms with Crippen LogP contribution in [0.25, 0.3) is 0 Å². The highest BCUT2D eigenvalue weighted by Crippen LogP contribution is 2.35. The summed E-state index contributed by atoms with van der Waals surface area (Å²) < 4.78 is 27.4. The maximum absolute atomic E-state index is 13.0. The van der Waals surface area contributed by atoms with Crippen molar-refractivity contribution in [2.75, 3.05) is 19.6 Å². The van der Waals surface area contributed by atoms with E-state index in [-0.39, 0.29) is 22.4 Å². The summed E-state index contributed by atoms with van der Waals surface area (Å²) in [6.07, 6.45) is 0. The van der Waals surface area contributed by atoms with Crippen molar-refractivity contribution in [2.24, 2.45) is 11.7 Å². The summed E-state index contributed by atoms with van der Waals surface area (Å²) >= 11 is 0. The molecule has 1 saturated heterocycles. The van der Waals surface area contributed by atoms with Crippen molar-refractivity contribution >= 4 is 15.7 Å². The van der Waals surface area contributed by atoms with Gasteiger partial charge in [0.15, 0.2) is 0 Å². The maximum Gasteiger partial charge on any atom is 0.273 e. The van der Waals surface area contributed by atoms with E-state index in [0.717, 1.165) is 11.6 Å². The van der Waals surface area contributed by atoms with E-state index in [1.54, 1.807) is 6.92 Å². The highest BCUT2D eigenvalue weighted by atomic mass is 32.2. The van der Waals surface area contributed by atoms with Crippen LogP contribution in [0.3, 0.4) is 0 Å². The first-order chi connectivity index (χ1) is 12.3. The van der Waals surface area contributed by atoms with E-state index >= 15 is 0 Å². The number of benzene rings is 2. The molecule has 3 rings (SSSR count). The van der Waals surface area contributed by atoms with Gasteiger partial charge in [0, 0.05) is 30.6 Å². The molecular weight excluding hydrogens is 354 g/mol. The molecule has 138 valence electrons. The van der Waals surface area contributed by atoms with Crippen molar-refractivity contribution in [1.29, 1.82) is 0 Å². The Bertz CT molecular complexity index is 915. The molecule has 2 N–H and O–H groups in total. The second-order valence-electron chi connectivity index (χ2n) is 6.54. The Morgan fingerprint density at radius 2 is 1.88 bits per heavy atom. The minimum Gasteiger partial charge on any atom is -0.330 e. The van der Waals surface area contributed by atoms with Crippen LogP contribution in [0, 0.1) is 23.0 Å². The number of nitrogens with zero attached hydrogens (tertiary/aromatic N) is 2. The van der Waals surface area contributed by atoms with Crippen LogP contribution >= 0.6 is 0 Å². The van der Waals surface area contributed by atoms with Crippen LogP contribution in [-0.2, 0) is 10.0 Å². The second kappa shape index (κ2) is 7.14. The number of nitrogens with two attached hydrogens (primary N) is 1. The van der Waals surface area contributed by atoms with Crippen LogP contribution in [0.1, 0.15) is 17.0 Å². The summed E-state index contributed by atoms with van der Waals surface area (Å²) in [4.78, 5) is 10.5. The van der Waals surface area contributed by atoms with Crippen LogP contribution in [0.2, 0.25) is 0 Å². The average molecular weight is 375 g/mol. The third kappa shape index (κ3) is 3.35. The quantitative estimate of drug-likeness (QED) is 0.637. The molecule has 1 fully saturated rings. The number of aryl methyl sites for hydroxylation is 1. The lowest BCUT2D eigenvalue weighted by molar-refractivity contribution is -0.385. The molecule has 2 aromatic carbocycles. The first-order valence-corrected chi connectivity index (χ1v) is 9.79. The molecule has 0 bridgehead atoms. The fraction of sp³-hybridized carbons (Fsp3) is 0.333. The predicted molar refractivity (Wildman–Crippen MR) is 98.3 cm³/mol. The van der Waals surface area contributed by atoms with Gasteiger partial charge in [-0.25, -0.2) is 8.42 Å². The van der Waals surface area contributed by atoms with Crippen molar-refractivity contribution in [1.82, 2.24) is 4.31 Å². The Morgan fingerprint density at radius 1 is 1.19 bits per heavy atom. The summed E-state index contributed by atoms with van der Waals surface area (Å²) in [5.41, 5.74) is 7.16. The molecule has 2 aromatic rings. The van der Waals surface area contributed by atoms with Gasteiger partial charge in [0.25, 0.3) is 5.69 Å². The van der Waals surface area contributed by atoms with Crippen molar-refractivity contribution in [3.63, 3.8) is 0 Å². The number of hydrogen-bond acceptors (Lipinski definition) is 5. The van der Waals surface area contributed by atoms with Crippen molar-refractivity contribution < 1.29 is 13.3 Å². The van der Waals surface area contributed by atoms with Crippen LogP contribution < -0.4 is 5.73 Å². The molecule has 1 heterocycles. The first-order valence-electron chi connectivity index (χ1n) is 8.34. The topological polar surface area (TPSA) is 107 Å². The van der Waals surface area contributed by atoms with Gasteiger partial charge in [0.05, 0.1) is 9.82 Å². The Labute approximate surface area is 152 Å². The molecule has 0 amide bonds. The van der Waals surface area contributed by atoms with Crippen molar-refractivity contribution in [2.45, 2.75) is 17.7 Å².